The summed E-state index contributed by atoms with van der Waals surface area (Å²) in [6.45, 7) is 1.82. The van der Waals surface area contributed by atoms with Crippen LogP contribution in [0.15, 0.2) is 59.5 Å². The van der Waals surface area contributed by atoms with E-state index in [4.69, 9.17) is 16.3 Å². The Hall–Kier alpha value is -2.84. The monoisotopic (exact) mass is 433 g/mol. The van der Waals surface area contributed by atoms with E-state index in [9.17, 15) is 13.2 Å². The average molecular weight is 434 g/mol. The van der Waals surface area contributed by atoms with Gasteiger partial charge in [-0.25, -0.2) is 13.2 Å². The molecule has 0 spiro atoms. The molecule has 0 amide bonds. The highest BCUT2D eigenvalue weighted by Crippen LogP contribution is 2.27. The average Bonchev–Trinajstić information content (AvgIpc) is 3.03. The first kappa shape index (κ1) is 20.9. The Morgan fingerprint density at radius 1 is 1.17 bits per heavy atom. The van der Waals surface area contributed by atoms with Gasteiger partial charge in [0.05, 0.1) is 35.5 Å². The molecule has 1 aromatic heterocycles. The Bertz CT molecular complexity index is 1120. The van der Waals surface area contributed by atoms with Crippen LogP contribution in [0.5, 0.6) is 0 Å². The molecule has 0 aliphatic carbocycles. The molecule has 0 N–H and O–H groups in total. The minimum atomic E-state index is -3.93. The van der Waals surface area contributed by atoms with Crippen LogP contribution >= 0.6 is 11.6 Å². The molecule has 2 aromatic carbocycles. The second-order valence-electron chi connectivity index (χ2n) is 6.45. The Morgan fingerprint density at radius 2 is 1.86 bits per heavy atom. The molecule has 0 fully saturated rings. The number of hydrogen-bond acceptors (Lipinski definition) is 5. The maximum absolute atomic E-state index is 13.4. The lowest BCUT2D eigenvalue weighted by atomic mass is 10.2. The van der Waals surface area contributed by atoms with Crippen LogP contribution < -0.4 is 4.31 Å². The van der Waals surface area contributed by atoms with E-state index in [1.807, 2.05) is 6.92 Å². The maximum Gasteiger partial charge on any atom is 0.337 e. The summed E-state index contributed by atoms with van der Waals surface area (Å²) in [5, 5.41) is 4.64. The summed E-state index contributed by atoms with van der Waals surface area (Å²) in [4.78, 5) is 12.1. The highest BCUT2D eigenvalue weighted by atomic mass is 35.5. The van der Waals surface area contributed by atoms with Gasteiger partial charge in [0, 0.05) is 13.1 Å². The maximum atomic E-state index is 13.4. The van der Waals surface area contributed by atoms with E-state index in [1.165, 1.54) is 22.2 Å². The van der Waals surface area contributed by atoms with Crippen LogP contribution in [0.2, 0.25) is 5.15 Å². The van der Waals surface area contributed by atoms with Crippen molar-refractivity contribution in [2.45, 2.75) is 18.4 Å². The van der Waals surface area contributed by atoms with E-state index < -0.39 is 16.0 Å². The van der Waals surface area contributed by atoms with E-state index in [1.54, 1.807) is 55.6 Å². The molecule has 29 heavy (non-hydrogen) atoms. The van der Waals surface area contributed by atoms with Crippen LogP contribution in [-0.2, 0) is 28.4 Å². The number of carbonyl (C=O) groups is 1. The molecule has 0 bridgehead atoms. The zero-order chi connectivity index (χ0) is 21.2. The van der Waals surface area contributed by atoms with Gasteiger partial charge in [-0.1, -0.05) is 35.4 Å². The van der Waals surface area contributed by atoms with Crippen LogP contribution in [-0.4, -0.2) is 31.3 Å². The van der Waals surface area contributed by atoms with Crippen molar-refractivity contribution in [3.05, 3.63) is 76.6 Å². The summed E-state index contributed by atoms with van der Waals surface area (Å²) in [6.07, 6.45) is 0. The molecule has 0 unspecified atom stereocenters. The fourth-order valence-electron chi connectivity index (χ4n) is 2.78. The van der Waals surface area contributed by atoms with E-state index in [-0.39, 0.29) is 17.0 Å². The van der Waals surface area contributed by atoms with Crippen LogP contribution in [0.4, 0.5) is 5.69 Å². The number of nitrogens with zero attached hydrogens (tertiary/aromatic N) is 3. The summed E-state index contributed by atoms with van der Waals surface area (Å²) >= 11 is 6.06. The largest absolute Gasteiger partial charge is 0.465 e. The number of sulfonamides is 1. The van der Waals surface area contributed by atoms with Gasteiger partial charge in [-0.15, -0.1) is 0 Å². The zero-order valence-corrected chi connectivity index (χ0v) is 17.7. The Morgan fingerprint density at radius 3 is 2.45 bits per heavy atom. The van der Waals surface area contributed by atoms with Crippen molar-refractivity contribution < 1.29 is 17.9 Å². The van der Waals surface area contributed by atoms with Crippen LogP contribution in [0.3, 0.4) is 0 Å². The zero-order valence-electron chi connectivity index (χ0n) is 16.2. The fourth-order valence-corrected chi connectivity index (χ4v) is 4.37. The molecule has 0 radical (unpaired) electrons. The van der Waals surface area contributed by atoms with Crippen molar-refractivity contribution in [2.24, 2.45) is 7.05 Å². The van der Waals surface area contributed by atoms with Gasteiger partial charge in [0.15, 0.2) is 0 Å². The summed E-state index contributed by atoms with van der Waals surface area (Å²) in [7, 11) is -0.994. The Labute approximate surface area is 174 Å². The highest BCUT2D eigenvalue weighted by molar-refractivity contribution is 7.92. The minimum Gasteiger partial charge on any atom is -0.465 e. The third kappa shape index (κ3) is 4.44. The third-order valence-electron chi connectivity index (χ3n) is 4.34. The number of ether oxygens (including phenoxy) is 1. The molecule has 9 heteroatoms. The molecule has 3 aromatic rings. The Kier molecular flexibility index (Phi) is 5.95. The molecule has 0 aliphatic heterocycles. The van der Waals surface area contributed by atoms with E-state index in [0.29, 0.717) is 16.5 Å². The number of aromatic nitrogens is 2. The van der Waals surface area contributed by atoms with Gasteiger partial charge < -0.3 is 4.74 Å². The van der Waals surface area contributed by atoms with E-state index in [2.05, 4.69) is 5.10 Å². The lowest BCUT2D eigenvalue weighted by Gasteiger charge is -2.24. The lowest BCUT2D eigenvalue weighted by Crippen LogP contribution is -2.31. The van der Waals surface area contributed by atoms with Gasteiger partial charge in [0.2, 0.25) is 0 Å². The summed E-state index contributed by atoms with van der Waals surface area (Å²) < 4.78 is 34.3. The fraction of sp³-hybridized carbons (Fsp3) is 0.200. The third-order valence-corrected chi connectivity index (χ3v) is 6.48. The highest BCUT2D eigenvalue weighted by Gasteiger charge is 2.27. The number of esters is 1. The summed E-state index contributed by atoms with van der Waals surface area (Å²) in [5.41, 5.74) is 1.97. The first-order valence-corrected chi connectivity index (χ1v) is 10.5. The molecule has 0 aliphatic rings. The summed E-state index contributed by atoms with van der Waals surface area (Å²) in [5.74, 6) is -0.555. The van der Waals surface area contributed by atoms with Gasteiger partial charge in [0.1, 0.15) is 5.15 Å². The van der Waals surface area contributed by atoms with Crippen molar-refractivity contribution in [2.75, 3.05) is 11.4 Å². The van der Waals surface area contributed by atoms with Gasteiger partial charge in [0.25, 0.3) is 10.0 Å². The van der Waals surface area contributed by atoms with Crippen molar-refractivity contribution in [1.82, 2.24) is 9.78 Å². The topological polar surface area (TPSA) is 81.5 Å². The Balaban J connectivity index is 2.11. The molecule has 152 valence electrons. The van der Waals surface area contributed by atoms with Gasteiger partial charge in [-0.3, -0.25) is 8.99 Å². The van der Waals surface area contributed by atoms with Crippen molar-refractivity contribution >= 4 is 33.3 Å². The van der Waals surface area contributed by atoms with Crippen molar-refractivity contribution in [1.29, 1.82) is 0 Å². The number of carbonyl (C=O) groups excluding carboxylic acids is 1. The number of methoxy groups -OCH3 is 1. The van der Waals surface area contributed by atoms with Crippen LogP contribution in [0.1, 0.15) is 21.6 Å². The van der Waals surface area contributed by atoms with Crippen molar-refractivity contribution in [3.63, 3.8) is 0 Å². The number of halogens is 1. The van der Waals surface area contributed by atoms with E-state index in [0.717, 1.165) is 5.56 Å². The molecule has 0 saturated heterocycles. The standard InChI is InChI=1S/C20H20ClN3O4S/c1-14-7-9-18(10-8-14)29(26,27)24(13-16-12-19(21)23(2)22-16)17-6-4-5-15(11-17)20(25)28-3/h4-12H,13H2,1-3H3. The summed E-state index contributed by atoms with van der Waals surface area (Å²) in [6, 6.07) is 14.4. The lowest BCUT2D eigenvalue weighted by molar-refractivity contribution is 0.0600. The molecule has 7 nitrogen and oxygen atoms in total. The van der Waals surface area contributed by atoms with Gasteiger partial charge >= 0.3 is 5.97 Å². The molecular formula is C20H20ClN3O4S. The quantitative estimate of drug-likeness (QED) is 0.555. The van der Waals surface area contributed by atoms with E-state index >= 15 is 0 Å². The first-order valence-electron chi connectivity index (χ1n) is 8.68. The van der Waals surface area contributed by atoms with Crippen molar-refractivity contribution in [3.8, 4) is 0 Å². The van der Waals surface area contributed by atoms with Gasteiger partial charge in [-0.05, 0) is 37.3 Å². The SMILES string of the molecule is COC(=O)c1cccc(N(Cc2cc(Cl)n(C)n2)S(=O)(=O)c2ccc(C)cc2)c1. The number of anilines is 1. The van der Waals surface area contributed by atoms with Crippen LogP contribution in [0.25, 0.3) is 0 Å². The molecule has 0 saturated carbocycles. The minimum absolute atomic E-state index is 0.0542. The van der Waals surface area contributed by atoms with Gasteiger partial charge in [-0.2, -0.15) is 5.10 Å². The second kappa shape index (κ2) is 8.26. The second-order valence-corrected chi connectivity index (χ2v) is 8.70. The first-order chi connectivity index (χ1) is 13.7. The number of aryl methyl sites for hydroxylation is 2. The molecule has 1 heterocycles. The molecule has 0 atom stereocenters. The predicted octanol–water partition coefficient (Wildman–Crippen LogP) is 3.56. The number of rotatable bonds is 6. The molecule has 3 rings (SSSR count). The normalized spacial score (nSPS) is 11.3. The number of hydrogen-bond donors (Lipinski definition) is 0. The smallest absolute Gasteiger partial charge is 0.337 e. The molecular weight excluding hydrogens is 414 g/mol. The predicted molar refractivity (Wildman–Crippen MR) is 111 cm³/mol. The number of benzene rings is 2. The van der Waals surface area contributed by atoms with Crippen LogP contribution in [0, 0.1) is 6.92 Å².